The highest BCUT2D eigenvalue weighted by molar-refractivity contribution is 5.33. The summed E-state index contributed by atoms with van der Waals surface area (Å²) < 4.78 is 3.79. The van der Waals surface area contributed by atoms with E-state index >= 15 is 0 Å². The predicted octanol–water partition coefficient (Wildman–Crippen LogP) is 1.70. The van der Waals surface area contributed by atoms with Gasteiger partial charge in [-0.15, -0.1) is 5.10 Å². The molecule has 108 valence electrons. The van der Waals surface area contributed by atoms with E-state index in [2.05, 4.69) is 27.5 Å². The molecule has 0 bridgehead atoms. The van der Waals surface area contributed by atoms with Crippen molar-refractivity contribution in [1.82, 2.24) is 29.9 Å². The minimum atomic E-state index is -0.0357. The van der Waals surface area contributed by atoms with Crippen LogP contribution < -0.4 is 5.32 Å². The van der Waals surface area contributed by atoms with E-state index in [1.54, 1.807) is 12.5 Å². The fourth-order valence-electron chi connectivity index (χ4n) is 2.36. The Morgan fingerprint density at radius 1 is 1.24 bits per heavy atom. The zero-order valence-corrected chi connectivity index (χ0v) is 12.1. The highest BCUT2D eigenvalue weighted by Crippen LogP contribution is 2.21. The first kappa shape index (κ1) is 13.5. The highest BCUT2D eigenvalue weighted by Gasteiger charge is 2.21. The zero-order valence-electron chi connectivity index (χ0n) is 12.1. The highest BCUT2D eigenvalue weighted by atomic mass is 15.4. The summed E-state index contributed by atoms with van der Waals surface area (Å²) in [6.07, 6.45) is 5.60. The van der Waals surface area contributed by atoms with Gasteiger partial charge in [0.15, 0.2) is 0 Å². The first-order valence-electron chi connectivity index (χ1n) is 6.97. The van der Waals surface area contributed by atoms with Crippen molar-refractivity contribution in [3.63, 3.8) is 0 Å². The molecule has 2 heterocycles. The fourth-order valence-corrected chi connectivity index (χ4v) is 2.36. The number of imidazole rings is 1. The van der Waals surface area contributed by atoms with Gasteiger partial charge in [-0.05, 0) is 18.7 Å². The molecule has 1 N–H and O–H groups in total. The summed E-state index contributed by atoms with van der Waals surface area (Å²) in [6, 6.07) is 9.96. The Kier molecular flexibility index (Phi) is 3.79. The monoisotopic (exact) mass is 282 g/mol. The molecule has 3 aromatic rings. The van der Waals surface area contributed by atoms with Crippen LogP contribution in [0.1, 0.15) is 24.4 Å². The van der Waals surface area contributed by atoms with Gasteiger partial charge in [0.05, 0.1) is 35.6 Å². The van der Waals surface area contributed by atoms with E-state index in [0.29, 0.717) is 0 Å². The van der Waals surface area contributed by atoms with E-state index in [1.807, 2.05) is 52.8 Å². The third kappa shape index (κ3) is 2.71. The normalized spacial score (nSPS) is 12.5. The number of nitrogens with zero attached hydrogens (tertiary/aromatic N) is 5. The smallest absolute Gasteiger partial charge is 0.0958 e. The number of rotatable bonds is 5. The Balaban J connectivity index is 2.03. The molecule has 0 radical (unpaired) electrons. The molecular weight excluding hydrogens is 264 g/mol. The Morgan fingerprint density at radius 3 is 2.71 bits per heavy atom. The van der Waals surface area contributed by atoms with Crippen LogP contribution in [0.2, 0.25) is 0 Å². The molecule has 3 rings (SSSR count). The molecule has 0 amide bonds. The lowest BCUT2D eigenvalue weighted by Crippen LogP contribution is -2.25. The van der Waals surface area contributed by atoms with Crippen LogP contribution in [0.4, 0.5) is 0 Å². The van der Waals surface area contributed by atoms with E-state index < -0.39 is 0 Å². The molecule has 21 heavy (non-hydrogen) atoms. The molecule has 2 aromatic heterocycles. The van der Waals surface area contributed by atoms with Crippen LogP contribution in [0.3, 0.4) is 0 Å². The van der Waals surface area contributed by atoms with Gasteiger partial charge in [-0.1, -0.05) is 30.3 Å². The topological polar surface area (TPSA) is 60.6 Å². The zero-order chi connectivity index (χ0) is 14.7. The van der Waals surface area contributed by atoms with Crippen LogP contribution in [0.5, 0.6) is 0 Å². The standard InChI is InChI=1S/C15H18N6/c1-3-16-15(13-10-20(2)11-17-13)14-9-18-19-21(14)12-7-5-4-6-8-12/h4-11,15-16H,3H2,1-2H3. The molecule has 0 spiro atoms. The molecule has 0 fully saturated rings. The molecule has 0 saturated heterocycles. The number of hydrogen-bond donors (Lipinski definition) is 1. The third-order valence-electron chi connectivity index (χ3n) is 3.30. The van der Waals surface area contributed by atoms with E-state index in [4.69, 9.17) is 0 Å². The second-order valence-electron chi connectivity index (χ2n) is 4.86. The van der Waals surface area contributed by atoms with Crippen molar-refractivity contribution in [1.29, 1.82) is 0 Å². The number of benzene rings is 1. The van der Waals surface area contributed by atoms with Gasteiger partial charge in [-0.2, -0.15) is 0 Å². The number of aryl methyl sites for hydroxylation is 1. The van der Waals surface area contributed by atoms with Crippen molar-refractivity contribution in [2.45, 2.75) is 13.0 Å². The molecule has 6 nitrogen and oxygen atoms in total. The first-order valence-corrected chi connectivity index (χ1v) is 6.97. The third-order valence-corrected chi connectivity index (χ3v) is 3.30. The van der Waals surface area contributed by atoms with Crippen molar-refractivity contribution in [3.8, 4) is 5.69 Å². The van der Waals surface area contributed by atoms with Gasteiger partial charge in [0.2, 0.25) is 0 Å². The number of hydrogen-bond acceptors (Lipinski definition) is 4. The van der Waals surface area contributed by atoms with Crippen molar-refractivity contribution in [2.75, 3.05) is 6.54 Å². The van der Waals surface area contributed by atoms with Gasteiger partial charge >= 0.3 is 0 Å². The van der Waals surface area contributed by atoms with Crippen molar-refractivity contribution in [2.24, 2.45) is 7.05 Å². The fraction of sp³-hybridized carbons (Fsp3) is 0.267. The second kappa shape index (κ2) is 5.88. The maximum Gasteiger partial charge on any atom is 0.0958 e. The van der Waals surface area contributed by atoms with E-state index in [-0.39, 0.29) is 6.04 Å². The van der Waals surface area contributed by atoms with Gasteiger partial charge in [-0.25, -0.2) is 9.67 Å². The van der Waals surface area contributed by atoms with Crippen LogP contribution in [-0.4, -0.2) is 31.1 Å². The summed E-state index contributed by atoms with van der Waals surface area (Å²) >= 11 is 0. The van der Waals surface area contributed by atoms with Crippen LogP contribution in [0.15, 0.2) is 49.1 Å². The summed E-state index contributed by atoms with van der Waals surface area (Å²) in [7, 11) is 1.96. The minimum absolute atomic E-state index is 0.0357. The first-order chi connectivity index (χ1) is 10.3. The van der Waals surface area contributed by atoms with Crippen molar-refractivity contribution >= 4 is 0 Å². The Hall–Kier alpha value is -2.47. The average molecular weight is 282 g/mol. The van der Waals surface area contributed by atoms with Gasteiger partial charge in [0, 0.05) is 13.2 Å². The van der Waals surface area contributed by atoms with Crippen LogP contribution in [0.25, 0.3) is 5.69 Å². The largest absolute Gasteiger partial charge is 0.340 e. The van der Waals surface area contributed by atoms with E-state index in [0.717, 1.165) is 23.6 Å². The molecule has 1 aromatic carbocycles. The summed E-state index contributed by atoms with van der Waals surface area (Å²) in [4.78, 5) is 4.46. The van der Waals surface area contributed by atoms with Crippen LogP contribution in [-0.2, 0) is 7.05 Å². The van der Waals surface area contributed by atoms with E-state index in [1.165, 1.54) is 0 Å². The SMILES string of the molecule is CCNC(c1cn(C)cn1)c1cnnn1-c1ccccc1. The van der Waals surface area contributed by atoms with Gasteiger partial charge in [0.1, 0.15) is 0 Å². The maximum absolute atomic E-state index is 4.46. The number of para-hydroxylation sites is 1. The van der Waals surface area contributed by atoms with Gasteiger partial charge < -0.3 is 9.88 Å². The number of aromatic nitrogens is 5. The molecule has 0 aliphatic heterocycles. The van der Waals surface area contributed by atoms with Crippen LogP contribution >= 0.6 is 0 Å². The lowest BCUT2D eigenvalue weighted by Gasteiger charge is -2.16. The lowest BCUT2D eigenvalue weighted by atomic mass is 10.1. The summed E-state index contributed by atoms with van der Waals surface area (Å²) in [5.74, 6) is 0. The maximum atomic E-state index is 4.46. The average Bonchev–Trinajstić information content (AvgIpc) is 3.15. The summed E-state index contributed by atoms with van der Waals surface area (Å²) in [5, 5.41) is 11.7. The predicted molar refractivity (Wildman–Crippen MR) is 80.1 cm³/mol. The summed E-state index contributed by atoms with van der Waals surface area (Å²) in [6.45, 7) is 2.91. The van der Waals surface area contributed by atoms with Crippen LogP contribution in [0, 0.1) is 0 Å². The number of nitrogens with one attached hydrogen (secondary N) is 1. The molecule has 0 aliphatic rings. The summed E-state index contributed by atoms with van der Waals surface area (Å²) in [5.41, 5.74) is 2.92. The lowest BCUT2D eigenvalue weighted by molar-refractivity contribution is 0.581. The van der Waals surface area contributed by atoms with Gasteiger partial charge in [0.25, 0.3) is 0 Å². The molecular formula is C15H18N6. The quantitative estimate of drug-likeness (QED) is 0.774. The Labute approximate surface area is 123 Å². The minimum Gasteiger partial charge on any atom is -0.340 e. The molecule has 6 heteroatoms. The van der Waals surface area contributed by atoms with E-state index in [9.17, 15) is 0 Å². The molecule has 0 saturated carbocycles. The Morgan fingerprint density at radius 2 is 2.05 bits per heavy atom. The Bertz CT molecular complexity index is 700. The molecule has 0 aliphatic carbocycles. The molecule has 1 atom stereocenters. The van der Waals surface area contributed by atoms with Crippen molar-refractivity contribution in [3.05, 3.63) is 60.4 Å². The molecule has 1 unspecified atom stereocenters. The van der Waals surface area contributed by atoms with Gasteiger partial charge in [-0.3, -0.25) is 0 Å². The van der Waals surface area contributed by atoms with Crippen molar-refractivity contribution < 1.29 is 0 Å². The second-order valence-corrected chi connectivity index (χ2v) is 4.86.